The third-order valence-corrected chi connectivity index (χ3v) is 3.13. The van der Waals surface area contributed by atoms with E-state index in [1.165, 1.54) is 0 Å². The van der Waals surface area contributed by atoms with E-state index in [2.05, 4.69) is 4.72 Å². The molecule has 84 valence electrons. The van der Waals surface area contributed by atoms with Crippen molar-refractivity contribution >= 4 is 15.7 Å². The Kier molecular flexibility index (Phi) is 4.07. The number of anilines is 1. The largest absolute Gasteiger partial charge is 0.399 e. The number of rotatable bonds is 5. The van der Waals surface area contributed by atoms with Gasteiger partial charge in [0, 0.05) is 12.2 Å². The molecule has 0 atom stereocenters. The minimum Gasteiger partial charge on any atom is -0.399 e. The van der Waals surface area contributed by atoms with Crippen LogP contribution < -0.4 is 10.5 Å². The first-order chi connectivity index (χ1) is 7.03. The molecule has 0 saturated carbocycles. The summed E-state index contributed by atoms with van der Waals surface area (Å²) < 4.78 is 25.0. The van der Waals surface area contributed by atoms with Crippen molar-refractivity contribution < 1.29 is 13.5 Å². The fraction of sp³-hybridized carbons (Fsp3) is 0.333. The Balaban J connectivity index is 2.65. The second-order valence-electron chi connectivity index (χ2n) is 3.12. The molecule has 5 nitrogen and oxygen atoms in total. The standard InChI is InChI=1S/C9H14N2O3S/c10-9-3-1-8(2-4-9)7-15(13,14)11-5-6-12/h1-4,11-12H,5-7,10H2. The molecular formula is C9H14N2O3S. The summed E-state index contributed by atoms with van der Waals surface area (Å²) in [6.07, 6.45) is 0. The smallest absolute Gasteiger partial charge is 0.215 e. The van der Waals surface area contributed by atoms with Crippen LogP contribution in [-0.2, 0) is 15.8 Å². The van der Waals surface area contributed by atoms with E-state index >= 15 is 0 Å². The fourth-order valence-electron chi connectivity index (χ4n) is 1.09. The molecule has 0 unspecified atom stereocenters. The molecule has 1 rings (SSSR count). The van der Waals surface area contributed by atoms with Crippen LogP contribution >= 0.6 is 0 Å². The lowest BCUT2D eigenvalue weighted by molar-refractivity contribution is 0.301. The molecule has 1 aromatic rings. The van der Waals surface area contributed by atoms with Gasteiger partial charge in [0.25, 0.3) is 0 Å². The van der Waals surface area contributed by atoms with Crippen molar-refractivity contribution in [1.82, 2.24) is 4.72 Å². The lowest BCUT2D eigenvalue weighted by Gasteiger charge is -2.05. The molecule has 0 fully saturated rings. The van der Waals surface area contributed by atoms with Crippen LogP contribution in [0, 0.1) is 0 Å². The monoisotopic (exact) mass is 230 g/mol. The minimum atomic E-state index is -3.36. The zero-order valence-corrected chi connectivity index (χ0v) is 9.00. The zero-order valence-electron chi connectivity index (χ0n) is 8.18. The van der Waals surface area contributed by atoms with Crippen molar-refractivity contribution in [2.75, 3.05) is 18.9 Å². The first-order valence-electron chi connectivity index (χ1n) is 4.46. The number of aliphatic hydroxyl groups excluding tert-OH is 1. The number of nitrogens with one attached hydrogen (secondary N) is 1. The van der Waals surface area contributed by atoms with Crippen molar-refractivity contribution in [3.05, 3.63) is 29.8 Å². The van der Waals surface area contributed by atoms with Crippen molar-refractivity contribution in [2.24, 2.45) is 0 Å². The average molecular weight is 230 g/mol. The predicted octanol–water partition coefficient (Wildman–Crippen LogP) is -0.319. The molecule has 0 aliphatic rings. The highest BCUT2D eigenvalue weighted by atomic mass is 32.2. The van der Waals surface area contributed by atoms with Gasteiger partial charge in [0.2, 0.25) is 10.0 Å². The van der Waals surface area contributed by atoms with E-state index in [4.69, 9.17) is 10.8 Å². The van der Waals surface area contributed by atoms with Gasteiger partial charge in [0.15, 0.2) is 0 Å². The molecule has 0 radical (unpaired) electrons. The van der Waals surface area contributed by atoms with Gasteiger partial charge in [0.05, 0.1) is 12.4 Å². The van der Waals surface area contributed by atoms with E-state index < -0.39 is 10.0 Å². The first-order valence-corrected chi connectivity index (χ1v) is 6.11. The summed E-state index contributed by atoms with van der Waals surface area (Å²) in [6, 6.07) is 6.62. The molecule has 0 amide bonds. The second-order valence-corrected chi connectivity index (χ2v) is 4.93. The lowest BCUT2D eigenvalue weighted by Crippen LogP contribution is -2.27. The number of nitrogens with two attached hydrogens (primary N) is 1. The highest BCUT2D eigenvalue weighted by molar-refractivity contribution is 7.88. The quantitative estimate of drug-likeness (QED) is 0.604. The van der Waals surface area contributed by atoms with Gasteiger partial charge in [-0.1, -0.05) is 12.1 Å². The number of hydrogen-bond acceptors (Lipinski definition) is 4. The van der Waals surface area contributed by atoms with Crippen molar-refractivity contribution in [1.29, 1.82) is 0 Å². The highest BCUT2D eigenvalue weighted by Gasteiger charge is 2.09. The Morgan fingerprint density at radius 3 is 2.40 bits per heavy atom. The SMILES string of the molecule is Nc1ccc(CS(=O)(=O)NCCO)cc1. The van der Waals surface area contributed by atoms with Crippen LogP contribution in [0.5, 0.6) is 0 Å². The molecule has 4 N–H and O–H groups in total. The summed E-state index contributed by atoms with van der Waals surface area (Å²) in [4.78, 5) is 0. The maximum Gasteiger partial charge on any atom is 0.215 e. The van der Waals surface area contributed by atoms with Gasteiger partial charge >= 0.3 is 0 Å². The lowest BCUT2D eigenvalue weighted by atomic mass is 10.2. The zero-order chi connectivity index (χ0) is 11.3. The van der Waals surface area contributed by atoms with Crippen LogP contribution in [0.4, 0.5) is 5.69 Å². The molecular weight excluding hydrogens is 216 g/mol. The molecule has 0 saturated heterocycles. The molecule has 6 heteroatoms. The number of sulfonamides is 1. The average Bonchev–Trinajstić information content (AvgIpc) is 2.18. The van der Waals surface area contributed by atoms with E-state index in [-0.39, 0.29) is 18.9 Å². The number of benzene rings is 1. The third kappa shape index (κ3) is 4.28. The van der Waals surface area contributed by atoms with Gasteiger partial charge in [-0.25, -0.2) is 13.1 Å². The van der Waals surface area contributed by atoms with Crippen LogP contribution in [0.15, 0.2) is 24.3 Å². The summed E-state index contributed by atoms with van der Waals surface area (Å²) in [5.74, 6) is -0.104. The van der Waals surface area contributed by atoms with Crippen LogP contribution in [0.2, 0.25) is 0 Å². The number of nitrogen functional groups attached to an aromatic ring is 1. The fourth-order valence-corrected chi connectivity index (χ4v) is 2.22. The molecule has 0 aliphatic carbocycles. The molecule has 0 spiro atoms. The molecule has 15 heavy (non-hydrogen) atoms. The second kappa shape index (κ2) is 5.11. The summed E-state index contributed by atoms with van der Waals surface area (Å²) in [7, 11) is -3.36. The van der Waals surface area contributed by atoms with Crippen LogP contribution in [0.25, 0.3) is 0 Å². The summed E-state index contributed by atoms with van der Waals surface area (Å²) in [5, 5.41) is 8.49. The number of hydrogen-bond donors (Lipinski definition) is 3. The van der Waals surface area contributed by atoms with Gasteiger partial charge in [-0.15, -0.1) is 0 Å². The Morgan fingerprint density at radius 2 is 1.87 bits per heavy atom. The maximum absolute atomic E-state index is 11.4. The van der Waals surface area contributed by atoms with Gasteiger partial charge in [-0.3, -0.25) is 0 Å². The van der Waals surface area contributed by atoms with E-state index in [1.807, 2.05) is 0 Å². The normalized spacial score (nSPS) is 11.5. The summed E-state index contributed by atoms with van der Waals surface area (Å²) >= 11 is 0. The van der Waals surface area contributed by atoms with E-state index in [0.29, 0.717) is 11.3 Å². The predicted molar refractivity (Wildman–Crippen MR) is 58.6 cm³/mol. The first kappa shape index (κ1) is 12.0. The number of aliphatic hydroxyl groups is 1. The molecule has 0 aliphatic heterocycles. The Morgan fingerprint density at radius 1 is 1.27 bits per heavy atom. The Labute approximate surface area is 89.0 Å². The van der Waals surface area contributed by atoms with Crippen molar-refractivity contribution in [3.63, 3.8) is 0 Å². The van der Waals surface area contributed by atoms with Gasteiger partial charge in [-0.2, -0.15) is 0 Å². The van der Waals surface area contributed by atoms with Crippen molar-refractivity contribution in [3.8, 4) is 0 Å². The van der Waals surface area contributed by atoms with Crippen LogP contribution in [0.3, 0.4) is 0 Å². The highest BCUT2D eigenvalue weighted by Crippen LogP contribution is 2.08. The van der Waals surface area contributed by atoms with E-state index in [9.17, 15) is 8.42 Å². The topological polar surface area (TPSA) is 92.4 Å². The summed E-state index contributed by atoms with van der Waals surface area (Å²) in [5.41, 5.74) is 6.73. The van der Waals surface area contributed by atoms with Gasteiger partial charge in [-0.05, 0) is 17.7 Å². The Hall–Kier alpha value is -1.11. The molecule has 0 heterocycles. The van der Waals surface area contributed by atoms with Gasteiger partial charge in [0.1, 0.15) is 0 Å². The third-order valence-electron chi connectivity index (χ3n) is 1.77. The molecule has 1 aromatic carbocycles. The van der Waals surface area contributed by atoms with Crippen LogP contribution in [0.1, 0.15) is 5.56 Å². The van der Waals surface area contributed by atoms with E-state index in [1.54, 1.807) is 24.3 Å². The van der Waals surface area contributed by atoms with E-state index in [0.717, 1.165) is 0 Å². The Bertz CT molecular complexity index is 400. The van der Waals surface area contributed by atoms with Crippen molar-refractivity contribution in [2.45, 2.75) is 5.75 Å². The van der Waals surface area contributed by atoms with Crippen LogP contribution in [-0.4, -0.2) is 26.7 Å². The summed E-state index contributed by atoms with van der Waals surface area (Å²) in [6.45, 7) is -0.168. The molecule has 0 bridgehead atoms. The minimum absolute atomic E-state index is 0.0390. The molecule has 0 aromatic heterocycles. The van der Waals surface area contributed by atoms with Gasteiger partial charge < -0.3 is 10.8 Å². The maximum atomic E-state index is 11.4.